The van der Waals surface area contributed by atoms with Gasteiger partial charge in [-0.05, 0) is 61.5 Å². The summed E-state index contributed by atoms with van der Waals surface area (Å²) in [5, 5.41) is 14.4. The Labute approximate surface area is 211 Å². The van der Waals surface area contributed by atoms with E-state index in [-0.39, 0.29) is 24.1 Å². The van der Waals surface area contributed by atoms with E-state index in [9.17, 15) is 14.0 Å². The molecule has 184 valence electrons. The minimum absolute atomic E-state index is 0.0461. The smallest absolute Gasteiger partial charge is 0.251 e. The van der Waals surface area contributed by atoms with Crippen molar-refractivity contribution in [3.63, 3.8) is 0 Å². The number of benzene rings is 3. The average Bonchev–Trinajstić information content (AvgIpc) is 3.30. The minimum Gasteiger partial charge on any atom is -0.497 e. The molecule has 4 aromatic rings. The Morgan fingerprint density at radius 2 is 1.78 bits per heavy atom. The Bertz CT molecular complexity index is 1360. The maximum atomic E-state index is 14.0. The van der Waals surface area contributed by atoms with Crippen molar-refractivity contribution in [2.75, 3.05) is 18.2 Å². The first-order chi connectivity index (χ1) is 17.4. The predicted octanol–water partition coefficient (Wildman–Crippen LogP) is 4.38. The second-order valence-corrected chi connectivity index (χ2v) is 8.77. The van der Waals surface area contributed by atoms with Gasteiger partial charge in [0.2, 0.25) is 5.91 Å². The summed E-state index contributed by atoms with van der Waals surface area (Å²) in [5.74, 6) is 0.154. The number of aryl methyl sites for hydroxylation is 1. The number of rotatable bonds is 9. The first-order valence-electron chi connectivity index (χ1n) is 11.0. The second kappa shape index (κ2) is 11.5. The van der Waals surface area contributed by atoms with Crippen LogP contribution >= 0.6 is 11.8 Å². The van der Waals surface area contributed by atoms with Gasteiger partial charge in [0.1, 0.15) is 11.6 Å². The Hall–Kier alpha value is -4.18. The molecule has 2 amide bonds. The lowest BCUT2D eigenvalue weighted by molar-refractivity contribution is -0.113. The van der Waals surface area contributed by atoms with E-state index in [1.54, 1.807) is 48.1 Å². The number of nitrogens with zero attached hydrogens (tertiary/aromatic N) is 3. The van der Waals surface area contributed by atoms with E-state index in [2.05, 4.69) is 20.8 Å². The van der Waals surface area contributed by atoms with Crippen LogP contribution in [-0.2, 0) is 11.3 Å². The van der Waals surface area contributed by atoms with E-state index < -0.39 is 5.82 Å². The third-order valence-corrected chi connectivity index (χ3v) is 6.12. The van der Waals surface area contributed by atoms with Gasteiger partial charge in [-0.15, -0.1) is 10.2 Å². The third-order valence-electron chi connectivity index (χ3n) is 5.19. The number of halogens is 1. The van der Waals surface area contributed by atoms with E-state index in [1.165, 1.54) is 12.1 Å². The molecule has 0 aliphatic heterocycles. The number of methoxy groups -OCH3 is 1. The van der Waals surface area contributed by atoms with Crippen molar-refractivity contribution in [3.05, 3.63) is 95.6 Å². The van der Waals surface area contributed by atoms with E-state index in [0.29, 0.717) is 33.7 Å². The van der Waals surface area contributed by atoms with Crippen molar-refractivity contribution in [3.8, 4) is 11.4 Å². The molecule has 0 atom stereocenters. The minimum atomic E-state index is -0.428. The molecule has 1 heterocycles. The monoisotopic (exact) mass is 505 g/mol. The van der Waals surface area contributed by atoms with Gasteiger partial charge in [-0.2, -0.15) is 0 Å². The molecule has 0 fully saturated rings. The largest absolute Gasteiger partial charge is 0.497 e. The molecule has 1 aromatic heterocycles. The molecule has 36 heavy (non-hydrogen) atoms. The zero-order chi connectivity index (χ0) is 25.5. The van der Waals surface area contributed by atoms with Crippen LogP contribution in [0, 0.1) is 12.7 Å². The standard InChI is InChI=1S/C26H24FN5O3S/c1-17-6-10-20(11-7-17)29-24(33)16-36-26-31-30-23(32(26)21-5-3-4-19(27)14-21)15-28-25(34)18-8-12-22(35-2)13-9-18/h3-14H,15-16H2,1-2H3,(H,28,34)(H,29,33). The number of aromatic nitrogens is 3. The lowest BCUT2D eigenvalue weighted by Gasteiger charge is -2.11. The maximum absolute atomic E-state index is 14.0. The number of amides is 2. The van der Waals surface area contributed by atoms with E-state index in [4.69, 9.17) is 4.74 Å². The van der Waals surface area contributed by atoms with Crippen molar-refractivity contribution in [2.45, 2.75) is 18.6 Å². The molecule has 0 saturated carbocycles. The summed E-state index contributed by atoms with van der Waals surface area (Å²) >= 11 is 1.16. The van der Waals surface area contributed by atoms with Crippen molar-refractivity contribution in [2.24, 2.45) is 0 Å². The van der Waals surface area contributed by atoms with Crippen LogP contribution in [0.5, 0.6) is 5.75 Å². The molecule has 0 spiro atoms. The molecule has 0 unspecified atom stereocenters. The fraction of sp³-hybridized carbons (Fsp3) is 0.154. The van der Waals surface area contributed by atoms with Gasteiger partial charge in [-0.25, -0.2) is 4.39 Å². The molecule has 4 rings (SSSR count). The van der Waals surface area contributed by atoms with Crippen LogP contribution in [0.4, 0.5) is 10.1 Å². The number of ether oxygens (including phenoxy) is 1. The van der Waals surface area contributed by atoms with Crippen LogP contribution in [0.15, 0.2) is 78.0 Å². The van der Waals surface area contributed by atoms with Crippen LogP contribution in [0.1, 0.15) is 21.7 Å². The van der Waals surface area contributed by atoms with Crippen LogP contribution in [-0.4, -0.2) is 39.4 Å². The zero-order valence-electron chi connectivity index (χ0n) is 19.7. The van der Waals surface area contributed by atoms with Gasteiger partial charge in [0.25, 0.3) is 5.91 Å². The highest BCUT2D eigenvalue weighted by molar-refractivity contribution is 7.99. The quantitative estimate of drug-likeness (QED) is 0.328. The predicted molar refractivity (Wildman–Crippen MR) is 136 cm³/mol. The zero-order valence-corrected chi connectivity index (χ0v) is 20.5. The van der Waals surface area contributed by atoms with Gasteiger partial charge in [0.15, 0.2) is 11.0 Å². The highest BCUT2D eigenvalue weighted by Gasteiger charge is 2.17. The number of hydrogen-bond donors (Lipinski definition) is 2. The Balaban J connectivity index is 1.49. The average molecular weight is 506 g/mol. The van der Waals surface area contributed by atoms with Crippen molar-refractivity contribution < 1.29 is 18.7 Å². The van der Waals surface area contributed by atoms with Gasteiger partial charge in [-0.3, -0.25) is 14.2 Å². The first kappa shape index (κ1) is 24.9. The van der Waals surface area contributed by atoms with Crippen LogP contribution in [0.2, 0.25) is 0 Å². The van der Waals surface area contributed by atoms with Gasteiger partial charge in [-0.1, -0.05) is 35.5 Å². The number of nitrogens with one attached hydrogen (secondary N) is 2. The molecule has 10 heteroatoms. The molecule has 0 aliphatic rings. The van der Waals surface area contributed by atoms with Crippen molar-refractivity contribution >= 4 is 29.3 Å². The molecular weight excluding hydrogens is 481 g/mol. The Morgan fingerprint density at radius 1 is 1.03 bits per heavy atom. The number of anilines is 1. The second-order valence-electron chi connectivity index (χ2n) is 7.83. The van der Waals surface area contributed by atoms with Crippen LogP contribution in [0.3, 0.4) is 0 Å². The maximum Gasteiger partial charge on any atom is 0.251 e. The van der Waals surface area contributed by atoms with E-state index in [0.717, 1.165) is 17.3 Å². The summed E-state index contributed by atoms with van der Waals surface area (Å²) in [6.45, 7) is 2.02. The van der Waals surface area contributed by atoms with Gasteiger partial charge in [0, 0.05) is 11.3 Å². The normalized spacial score (nSPS) is 10.6. The topological polar surface area (TPSA) is 98.1 Å². The molecule has 0 radical (unpaired) electrons. The van der Waals surface area contributed by atoms with Crippen LogP contribution < -0.4 is 15.4 Å². The van der Waals surface area contributed by atoms with Crippen molar-refractivity contribution in [1.82, 2.24) is 20.1 Å². The molecular formula is C26H24FN5O3S. The summed E-state index contributed by atoms with van der Waals surface area (Å²) < 4.78 is 20.7. The van der Waals surface area contributed by atoms with Crippen LogP contribution in [0.25, 0.3) is 5.69 Å². The summed E-state index contributed by atoms with van der Waals surface area (Å²) in [6.07, 6.45) is 0. The fourth-order valence-corrected chi connectivity index (χ4v) is 4.12. The highest BCUT2D eigenvalue weighted by Crippen LogP contribution is 2.23. The molecule has 8 nitrogen and oxygen atoms in total. The first-order valence-corrected chi connectivity index (χ1v) is 12.0. The lowest BCUT2D eigenvalue weighted by Crippen LogP contribution is -2.24. The number of hydrogen-bond acceptors (Lipinski definition) is 6. The van der Waals surface area contributed by atoms with Crippen molar-refractivity contribution in [1.29, 1.82) is 0 Å². The van der Waals surface area contributed by atoms with Gasteiger partial charge in [0.05, 0.1) is 25.1 Å². The summed E-state index contributed by atoms with van der Waals surface area (Å²) in [5.41, 5.74) is 2.72. The van der Waals surface area contributed by atoms with Gasteiger partial charge < -0.3 is 15.4 Å². The third kappa shape index (κ3) is 6.28. The molecule has 0 bridgehead atoms. The number of carbonyl (C=O) groups is 2. The number of carbonyl (C=O) groups excluding carboxylic acids is 2. The van der Waals surface area contributed by atoms with Gasteiger partial charge >= 0.3 is 0 Å². The summed E-state index contributed by atoms with van der Waals surface area (Å²) in [7, 11) is 1.55. The molecule has 3 aromatic carbocycles. The lowest BCUT2D eigenvalue weighted by atomic mass is 10.2. The Kier molecular flexibility index (Phi) is 7.96. The fourth-order valence-electron chi connectivity index (χ4n) is 3.35. The Morgan fingerprint density at radius 3 is 2.47 bits per heavy atom. The molecule has 2 N–H and O–H groups in total. The van der Waals surface area contributed by atoms with E-state index in [1.807, 2.05) is 31.2 Å². The highest BCUT2D eigenvalue weighted by atomic mass is 32.2. The molecule has 0 saturated heterocycles. The summed E-state index contributed by atoms with van der Waals surface area (Å²) in [4.78, 5) is 25.1. The summed E-state index contributed by atoms with van der Waals surface area (Å²) in [6, 6.07) is 20.1. The number of thioether (sulfide) groups is 1. The molecule has 0 aliphatic carbocycles. The van der Waals surface area contributed by atoms with E-state index >= 15 is 0 Å². The SMILES string of the molecule is COc1ccc(C(=O)NCc2nnc(SCC(=O)Nc3ccc(C)cc3)n2-c2cccc(F)c2)cc1.